The first-order chi connectivity index (χ1) is 8.75. The van der Waals surface area contributed by atoms with Crippen LogP contribution in [0.2, 0.25) is 0 Å². The van der Waals surface area contributed by atoms with E-state index in [1.807, 2.05) is 24.4 Å². The molecule has 2 aromatic carbocycles. The summed E-state index contributed by atoms with van der Waals surface area (Å²) in [4.78, 5) is 4.54. The van der Waals surface area contributed by atoms with Gasteiger partial charge < -0.3 is 0 Å². The third kappa shape index (κ3) is 1.93. The number of nitrogens with zero attached hydrogens (tertiary/aromatic N) is 1. The van der Waals surface area contributed by atoms with Crippen molar-refractivity contribution in [1.82, 2.24) is 4.98 Å². The van der Waals surface area contributed by atoms with Crippen LogP contribution >= 0.6 is 15.9 Å². The van der Waals surface area contributed by atoms with Crippen molar-refractivity contribution in [2.24, 2.45) is 0 Å². The van der Waals surface area contributed by atoms with Gasteiger partial charge in [0.15, 0.2) is 0 Å². The molecule has 1 aromatic heterocycles. The van der Waals surface area contributed by atoms with Gasteiger partial charge in [0.25, 0.3) is 0 Å². The molecular weight excluding hydrogens is 286 g/mol. The standard InChI is InChI=1S/C16H12BrN/c1-11-14-9-13(17)7-8-16(14)18-10-15(11)12-5-3-2-4-6-12/h2-10H,1H3. The molecule has 1 heterocycles. The van der Waals surface area contributed by atoms with Crippen molar-refractivity contribution in [2.45, 2.75) is 6.92 Å². The van der Waals surface area contributed by atoms with E-state index in [1.54, 1.807) is 0 Å². The highest BCUT2D eigenvalue weighted by Crippen LogP contribution is 2.29. The lowest BCUT2D eigenvalue weighted by Crippen LogP contribution is -1.88. The Bertz CT molecular complexity index is 705. The average Bonchev–Trinajstić information content (AvgIpc) is 2.41. The molecular formula is C16H12BrN. The molecule has 0 radical (unpaired) electrons. The molecule has 0 amide bonds. The fourth-order valence-electron chi connectivity index (χ4n) is 2.21. The third-order valence-corrected chi connectivity index (χ3v) is 3.68. The van der Waals surface area contributed by atoms with Gasteiger partial charge in [-0.1, -0.05) is 46.3 Å². The first-order valence-corrected chi connectivity index (χ1v) is 6.65. The van der Waals surface area contributed by atoms with Crippen LogP contribution in [-0.4, -0.2) is 4.98 Å². The van der Waals surface area contributed by atoms with E-state index in [4.69, 9.17) is 0 Å². The Morgan fingerprint density at radius 3 is 2.56 bits per heavy atom. The number of benzene rings is 2. The normalized spacial score (nSPS) is 10.8. The Morgan fingerprint density at radius 1 is 1.00 bits per heavy atom. The zero-order valence-electron chi connectivity index (χ0n) is 10.0. The lowest BCUT2D eigenvalue weighted by Gasteiger charge is -2.09. The zero-order valence-corrected chi connectivity index (χ0v) is 11.6. The Balaban J connectivity index is 2.29. The molecule has 2 heteroatoms. The molecule has 0 fully saturated rings. The molecule has 0 spiro atoms. The molecule has 0 bridgehead atoms. The van der Waals surface area contributed by atoms with Crippen LogP contribution in [0.15, 0.2) is 59.2 Å². The molecule has 0 aliphatic heterocycles. The van der Waals surface area contributed by atoms with Gasteiger partial charge in [-0.15, -0.1) is 0 Å². The fourth-order valence-corrected chi connectivity index (χ4v) is 2.57. The van der Waals surface area contributed by atoms with Crippen LogP contribution in [0.5, 0.6) is 0 Å². The van der Waals surface area contributed by atoms with Gasteiger partial charge in [-0.3, -0.25) is 4.98 Å². The summed E-state index contributed by atoms with van der Waals surface area (Å²) in [6, 6.07) is 16.6. The zero-order chi connectivity index (χ0) is 12.5. The van der Waals surface area contributed by atoms with Crippen LogP contribution in [0, 0.1) is 6.92 Å². The van der Waals surface area contributed by atoms with Crippen LogP contribution in [0.3, 0.4) is 0 Å². The van der Waals surface area contributed by atoms with E-state index in [2.05, 4.69) is 58.2 Å². The predicted molar refractivity (Wildman–Crippen MR) is 79.6 cm³/mol. The highest BCUT2D eigenvalue weighted by Gasteiger charge is 2.06. The summed E-state index contributed by atoms with van der Waals surface area (Å²) in [6.45, 7) is 2.15. The number of aryl methyl sites for hydroxylation is 1. The van der Waals surface area contributed by atoms with Gasteiger partial charge in [0.2, 0.25) is 0 Å². The van der Waals surface area contributed by atoms with E-state index >= 15 is 0 Å². The van der Waals surface area contributed by atoms with E-state index in [0.29, 0.717) is 0 Å². The third-order valence-electron chi connectivity index (χ3n) is 3.18. The van der Waals surface area contributed by atoms with Crippen LogP contribution < -0.4 is 0 Å². The van der Waals surface area contributed by atoms with Crippen molar-refractivity contribution in [3.05, 3.63) is 64.8 Å². The van der Waals surface area contributed by atoms with Crippen LogP contribution in [0.1, 0.15) is 5.56 Å². The smallest absolute Gasteiger partial charge is 0.0705 e. The Kier molecular flexibility index (Phi) is 2.88. The second-order valence-electron chi connectivity index (χ2n) is 4.32. The number of hydrogen-bond donors (Lipinski definition) is 0. The molecule has 0 saturated carbocycles. The summed E-state index contributed by atoms with van der Waals surface area (Å²) in [6.07, 6.45) is 1.96. The quantitative estimate of drug-likeness (QED) is 0.618. The number of fused-ring (bicyclic) bond motifs is 1. The van der Waals surface area contributed by atoms with E-state index in [9.17, 15) is 0 Å². The van der Waals surface area contributed by atoms with Crippen molar-refractivity contribution in [2.75, 3.05) is 0 Å². The Labute approximate surface area is 115 Å². The molecule has 18 heavy (non-hydrogen) atoms. The number of hydrogen-bond acceptors (Lipinski definition) is 1. The molecule has 0 aliphatic carbocycles. The Hall–Kier alpha value is -1.67. The largest absolute Gasteiger partial charge is 0.256 e. The summed E-state index contributed by atoms with van der Waals surface area (Å²) in [5, 5.41) is 1.20. The summed E-state index contributed by atoms with van der Waals surface area (Å²) in [7, 11) is 0. The van der Waals surface area contributed by atoms with Gasteiger partial charge in [-0.2, -0.15) is 0 Å². The molecule has 0 unspecified atom stereocenters. The maximum atomic E-state index is 4.54. The number of pyridine rings is 1. The second-order valence-corrected chi connectivity index (χ2v) is 5.24. The molecule has 1 nitrogen and oxygen atoms in total. The van der Waals surface area contributed by atoms with Gasteiger partial charge >= 0.3 is 0 Å². The minimum Gasteiger partial charge on any atom is -0.256 e. The van der Waals surface area contributed by atoms with Crippen molar-refractivity contribution < 1.29 is 0 Å². The molecule has 0 N–H and O–H groups in total. The van der Waals surface area contributed by atoms with E-state index in [-0.39, 0.29) is 0 Å². The molecule has 0 aliphatic rings. The lowest BCUT2D eigenvalue weighted by atomic mass is 9.99. The van der Waals surface area contributed by atoms with Crippen molar-refractivity contribution in [1.29, 1.82) is 0 Å². The number of halogens is 1. The van der Waals surface area contributed by atoms with Crippen LogP contribution in [0.25, 0.3) is 22.0 Å². The van der Waals surface area contributed by atoms with Gasteiger partial charge in [0, 0.05) is 21.6 Å². The second kappa shape index (κ2) is 4.54. The average molecular weight is 298 g/mol. The van der Waals surface area contributed by atoms with E-state index in [0.717, 1.165) is 9.99 Å². The topological polar surface area (TPSA) is 12.9 Å². The number of rotatable bonds is 1. The van der Waals surface area contributed by atoms with Gasteiger partial charge in [-0.05, 0) is 36.2 Å². The summed E-state index contributed by atoms with van der Waals surface area (Å²) >= 11 is 3.52. The molecule has 88 valence electrons. The lowest BCUT2D eigenvalue weighted by molar-refractivity contribution is 1.36. The Morgan fingerprint density at radius 2 is 1.78 bits per heavy atom. The molecule has 3 aromatic rings. The summed E-state index contributed by atoms with van der Waals surface area (Å²) < 4.78 is 1.09. The fraction of sp³-hybridized carbons (Fsp3) is 0.0625. The minimum atomic E-state index is 1.04. The molecule has 0 atom stereocenters. The van der Waals surface area contributed by atoms with Gasteiger partial charge in [0.1, 0.15) is 0 Å². The first-order valence-electron chi connectivity index (χ1n) is 5.86. The maximum Gasteiger partial charge on any atom is 0.0705 e. The van der Waals surface area contributed by atoms with Crippen LogP contribution in [-0.2, 0) is 0 Å². The monoisotopic (exact) mass is 297 g/mol. The van der Waals surface area contributed by atoms with Gasteiger partial charge in [-0.25, -0.2) is 0 Å². The molecule has 0 saturated heterocycles. The summed E-state index contributed by atoms with van der Waals surface area (Å²) in [5.74, 6) is 0. The van der Waals surface area contributed by atoms with E-state index in [1.165, 1.54) is 22.1 Å². The predicted octanol–water partition coefficient (Wildman–Crippen LogP) is 4.97. The van der Waals surface area contributed by atoms with Gasteiger partial charge in [0.05, 0.1) is 5.52 Å². The van der Waals surface area contributed by atoms with Crippen molar-refractivity contribution >= 4 is 26.8 Å². The molecule has 3 rings (SSSR count). The maximum absolute atomic E-state index is 4.54. The van der Waals surface area contributed by atoms with E-state index < -0.39 is 0 Å². The summed E-state index contributed by atoms with van der Waals surface area (Å²) in [5.41, 5.74) is 4.72. The first kappa shape index (κ1) is 11.4. The van der Waals surface area contributed by atoms with Crippen LogP contribution in [0.4, 0.5) is 0 Å². The highest BCUT2D eigenvalue weighted by molar-refractivity contribution is 9.10. The minimum absolute atomic E-state index is 1.04. The number of aromatic nitrogens is 1. The highest BCUT2D eigenvalue weighted by atomic mass is 79.9. The SMILES string of the molecule is Cc1c(-c2ccccc2)cnc2ccc(Br)cc12. The van der Waals surface area contributed by atoms with Crippen molar-refractivity contribution in [3.63, 3.8) is 0 Å². The van der Waals surface area contributed by atoms with Crippen molar-refractivity contribution in [3.8, 4) is 11.1 Å².